The molecule has 0 aromatic carbocycles. The fourth-order valence-electron chi connectivity index (χ4n) is 2.57. The third-order valence-corrected chi connectivity index (χ3v) is 5.56. The summed E-state index contributed by atoms with van der Waals surface area (Å²) in [5.41, 5.74) is 1.57. The van der Waals surface area contributed by atoms with Gasteiger partial charge >= 0.3 is 0 Å². The van der Waals surface area contributed by atoms with Crippen molar-refractivity contribution in [2.45, 2.75) is 51.7 Å². The summed E-state index contributed by atoms with van der Waals surface area (Å²) in [6.07, 6.45) is 14.7. The molecule has 0 N–H and O–H groups in total. The van der Waals surface area contributed by atoms with Crippen LogP contribution in [0.25, 0.3) is 0 Å². The average Bonchev–Trinajstić information content (AvgIpc) is 2.52. The molecule has 3 unspecified atom stereocenters. The minimum Gasteiger partial charge on any atom is -0.122 e. The van der Waals surface area contributed by atoms with Gasteiger partial charge < -0.3 is 0 Å². The van der Waals surface area contributed by atoms with Crippen molar-refractivity contribution in [3.63, 3.8) is 0 Å². The fourth-order valence-corrected chi connectivity index (χ4v) is 3.95. The van der Waals surface area contributed by atoms with Crippen molar-refractivity contribution in [3.8, 4) is 0 Å². The lowest BCUT2D eigenvalue weighted by Gasteiger charge is -2.25. The van der Waals surface area contributed by atoms with Gasteiger partial charge in [-0.2, -0.15) is 0 Å². The van der Waals surface area contributed by atoms with Gasteiger partial charge in [0.05, 0.1) is 0 Å². The van der Waals surface area contributed by atoms with Crippen molar-refractivity contribution in [2.24, 2.45) is 11.8 Å². The summed E-state index contributed by atoms with van der Waals surface area (Å²) in [4.78, 5) is 1.59. The van der Waals surface area contributed by atoms with Gasteiger partial charge in [0.15, 0.2) is 0 Å². The van der Waals surface area contributed by atoms with Gasteiger partial charge in [0.25, 0.3) is 0 Å². The second-order valence-electron chi connectivity index (χ2n) is 5.39. The standard InChI is InChI=1S/C16H24S/c1-4-15-7-5-6-13(3)16(17-15)14-10-8-12(2)9-11-14/h7-8,10-13,16H,4-6,9H2,1-3H3. The number of hydrogen-bond acceptors (Lipinski definition) is 1. The Kier molecular flexibility index (Phi) is 4.55. The molecule has 0 amide bonds. The van der Waals surface area contributed by atoms with Gasteiger partial charge in [-0.3, -0.25) is 0 Å². The summed E-state index contributed by atoms with van der Waals surface area (Å²) in [7, 11) is 0. The highest BCUT2D eigenvalue weighted by molar-refractivity contribution is 8.03. The predicted molar refractivity (Wildman–Crippen MR) is 79.2 cm³/mol. The van der Waals surface area contributed by atoms with E-state index in [1.54, 1.807) is 10.5 Å². The molecule has 0 radical (unpaired) electrons. The largest absolute Gasteiger partial charge is 0.122 e. The maximum Gasteiger partial charge on any atom is 0.0363 e. The first-order valence-corrected chi connectivity index (χ1v) is 7.82. The number of allylic oxidation sites excluding steroid dienone is 5. The Bertz CT molecular complexity index is 349. The van der Waals surface area contributed by atoms with E-state index < -0.39 is 0 Å². The molecule has 0 spiro atoms. The quantitative estimate of drug-likeness (QED) is 0.636. The van der Waals surface area contributed by atoms with E-state index in [4.69, 9.17) is 0 Å². The minimum absolute atomic E-state index is 0.687. The molecule has 0 aromatic heterocycles. The van der Waals surface area contributed by atoms with E-state index in [0.717, 1.165) is 11.8 Å². The molecule has 1 heteroatoms. The van der Waals surface area contributed by atoms with Gasteiger partial charge in [0.2, 0.25) is 0 Å². The first kappa shape index (κ1) is 13.0. The van der Waals surface area contributed by atoms with Crippen LogP contribution in [0.15, 0.2) is 34.8 Å². The summed E-state index contributed by atoms with van der Waals surface area (Å²) >= 11 is 2.11. The van der Waals surface area contributed by atoms with Gasteiger partial charge in [-0.25, -0.2) is 0 Å². The maximum absolute atomic E-state index is 2.47. The van der Waals surface area contributed by atoms with Crippen LogP contribution in [0.1, 0.15) is 46.5 Å². The lowest BCUT2D eigenvalue weighted by atomic mass is 9.90. The number of thioether (sulfide) groups is 1. The number of rotatable bonds is 2. The molecule has 2 rings (SSSR count). The van der Waals surface area contributed by atoms with Gasteiger partial charge in [-0.15, -0.1) is 11.8 Å². The Hall–Kier alpha value is -0.430. The topological polar surface area (TPSA) is 0 Å². The highest BCUT2D eigenvalue weighted by Crippen LogP contribution is 2.40. The van der Waals surface area contributed by atoms with Gasteiger partial charge in [0.1, 0.15) is 0 Å². The Morgan fingerprint density at radius 1 is 1.29 bits per heavy atom. The van der Waals surface area contributed by atoms with E-state index in [-0.39, 0.29) is 0 Å². The molecule has 0 fully saturated rings. The highest BCUT2D eigenvalue weighted by Gasteiger charge is 2.24. The van der Waals surface area contributed by atoms with Crippen LogP contribution in [0, 0.1) is 11.8 Å². The smallest absolute Gasteiger partial charge is 0.0363 e. The van der Waals surface area contributed by atoms with Crippen LogP contribution in [0.3, 0.4) is 0 Å². The van der Waals surface area contributed by atoms with E-state index in [0.29, 0.717) is 5.25 Å². The van der Waals surface area contributed by atoms with Gasteiger partial charge in [-0.05, 0) is 48.0 Å². The van der Waals surface area contributed by atoms with E-state index >= 15 is 0 Å². The second kappa shape index (κ2) is 5.95. The molecule has 94 valence electrons. The maximum atomic E-state index is 2.47. The number of hydrogen-bond donors (Lipinski definition) is 0. The molecule has 1 aliphatic heterocycles. The molecule has 1 aliphatic carbocycles. The molecular weight excluding hydrogens is 224 g/mol. The van der Waals surface area contributed by atoms with Crippen molar-refractivity contribution < 1.29 is 0 Å². The zero-order chi connectivity index (χ0) is 12.3. The summed E-state index contributed by atoms with van der Waals surface area (Å²) < 4.78 is 0. The van der Waals surface area contributed by atoms with Crippen molar-refractivity contribution in [1.29, 1.82) is 0 Å². The predicted octanol–water partition coefficient (Wildman–Crippen LogP) is 5.33. The zero-order valence-electron chi connectivity index (χ0n) is 11.3. The van der Waals surface area contributed by atoms with Crippen LogP contribution in [0.4, 0.5) is 0 Å². The van der Waals surface area contributed by atoms with Crippen LogP contribution >= 0.6 is 11.8 Å². The third-order valence-electron chi connectivity index (χ3n) is 3.81. The minimum atomic E-state index is 0.687. The van der Waals surface area contributed by atoms with E-state index in [2.05, 4.69) is 56.8 Å². The van der Waals surface area contributed by atoms with Gasteiger partial charge in [-0.1, -0.05) is 45.1 Å². The van der Waals surface area contributed by atoms with E-state index in [9.17, 15) is 0 Å². The van der Waals surface area contributed by atoms with Crippen LogP contribution in [0.5, 0.6) is 0 Å². The Morgan fingerprint density at radius 3 is 2.76 bits per heavy atom. The first-order valence-electron chi connectivity index (χ1n) is 6.94. The monoisotopic (exact) mass is 248 g/mol. The molecule has 1 heterocycles. The van der Waals surface area contributed by atoms with Crippen molar-refractivity contribution in [2.75, 3.05) is 0 Å². The van der Waals surface area contributed by atoms with Crippen LogP contribution in [-0.2, 0) is 0 Å². The zero-order valence-corrected chi connectivity index (χ0v) is 12.1. The lowest BCUT2D eigenvalue weighted by Crippen LogP contribution is -2.17. The fraction of sp³-hybridized carbons (Fsp3) is 0.625. The Balaban J connectivity index is 2.12. The summed E-state index contributed by atoms with van der Waals surface area (Å²) in [5.74, 6) is 1.52. The van der Waals surface area contributed by atoms with Crippen LogP contribution < -0.4 is 0 Å². The lowest BCUT2D eigenvalue weighted by molar-refractivity contribution is 0.549. The highest BCUT2D eigenvalue weighted by atomic mass is 32.2. The first-order chi connectivity index (χ1) is 8.20. The third kappa shape index (κ3) is 3.28. The normalized spacial score (nSPS) is 33.9. The molecule has 0 bridgehead atoms. The SMILES string of the molecule is CCC1=CCCC(C)C(C2=CCC(C)C=C2)S1. The molecule has 0 aromatic rings. The van der Waals surface area contributed by atoms with Crippen LogP contribution in [-0.4, -0.2) is 5.25 Å². The van der Waals surface area contributed by atoms with E-state index in [1.807, 2.05) is 0 Å². The van der Waals surface area contributed by atoms with Crippen molar-refractivity contribution >= 4 is 11.8 Å². The average molecular weight is 248 g/mol. The summed E-state index contributed by atoms with van der Waals surface area (Å²) in [6, 6.07) is 0. The molecular formula is C16H24S. The molecule has 0 saturated heterocycles. The Labute approximate surface area is 110 Å². The van der Waals surface area contributed by atoms with Gasteiger partial charge in [0, 0.05) is 5.25 Å². The molecule has 0 saturated carbocycles. The summed E-state index contributed by atoms with van der Waals surface area (Å²) in [5, 5.41) is 0.687. The molecule has 3 atom stereocenters. The molecule has 0 nitrogen and oxygen atoms in total. The summed E-state index contributed by atoms with van der Waals surface area (Å²) in [6.45, 7) is 6.99. The second-order valence-corrected chi connectivity index (χ2v) is 6.66. The van der Waals surface area contributed by atoms with E-state index in [1.165, 1.54) is 25.7 Å². The molecule has 2 aliphatic rings. The van der Waals surface area contributed by atoms with Crippen molar-refractivity contribution in [3.05, 3.63) is 34.8 Å². The Morgan fingerprint density at radius 2 is 2.12 bits per heavy atom. The van der Waals surface area contributed by atoms with Crippen LogP contribution in [0.2, 0.25) is 0 Å². The van der Waals surface area contributed by atoms with Crippen molar-refractivity contribution in [1.82, 2.24) is 0 Å². The molecule has 17 heavy (non-hydrogen) atoms.